The Hall–Kier alpha value is -0.0400. The van der Waals surface area contributed by atoms with Crippen LogP contribution in [0.5, 0.6) is 0 Å². The molecule has 0 atom stereocenters. The van der Waals surface area contributed by atoms with Gasteiger partial charge in [0.2, 0.25) is 0 Å². The average molecular weight is 170 g/mol. The maximum absolute atomic E-state index is 8.81. The van der Waals surface area contributed by atoms with Crippen LogP contribution in [0.4, 0.5) is 0 Å². The van der Waals surface area contributed by atoms with E-state index in [4.69, 9.17) is 5.11 Å². The normalized spacial score (nSPS) is 22.5. The van der Waals surface area contributed by atoms with Crippen LogP contribution in [0.3, 0.4) is 0 Å². The Labute approximate surface area is 76.2 Å². The van der Waals surface area contributed by atoms with Gasteiger partial charge in [-0.1, -0.05) is 32.6 Å². The number of aliphatic hydroxyl groups is 1. The molecule has 0 aliphatic heterocycles. The molecule has 1 heteroatoms. The molecule has 1 rings (SSSR count). The van der Waals surface area contributed by atoms with Gasteiger partial charge in [-0.2, -0.15) is 0 Å². The molecule has 0 saturated heterocycles. The predicted molar refractivity (Wildman–Crippen MR) is 52.1 cm³/mol. The minimum atomic E-state index is 0.377. The van der Waals surface area contributed by atoms with E-state index in [0.717, 1.165) is 6.42 Å². The maximum atomic E-state index is 8.81. The van der Waals surface area contributed by atoms with Gasteiger partial charge in [0.25, 0.3) is 0 Å². The molecule has 0 bridgehead atoms. The second-order valence-electron chi connectivity index (χ2n) is 4.24. The summed E-state index contributed by atoms with van der Waals surface area (Å²) in [5.41, 5.74) is 0.612. The Morgan fingerprint density at radius 1 is 1.17 bits per heavy atom. The zero-order chi connectivity index (χ0) is 8.86. The van der Waals surface area contributed by atoms with Crippen molar-refractivity contribution in [2.45, 2.75) is 58.3 Å². The summed E-state index contributed by atoms with van der Waals surface area (Å²) >= 11 is 0. The zero-order valence-corrected chi connectivity index (χ0v) is 8.31. The molecule has 1 fully saturated rings. The van der Waals surface area contributed by atoms with Crippen molar-refractivity contribution in [3.63, 3.8) is 0 Å². The van der Waals surface area contributed by atoms with Crippen LogP contribution in [-0.4, -0.2) is 11.7 Å². The van der Waals surface area contributed by atoms with Crippen LogP contribution in [0.2, 0.25) is 0 Å². The van der Waals surface area contributed by atoms with Crippen LogP contribution in [0.1, 0.15) is 58.3 Å². The molecule has 1 aliphatic rings. The van der Waals surface area contributed by atoms with Crippen LogP contribution in [0.15, 0.2) is 0 Å². The molecule has 0 heterocycles. The van der Waals surface area contributed by atoms with Crippen LogP contribution >= 0.6 is 0 Å². The van der Waals surface area contributed by atoms with Gasteiger partial charge in [-0.25, -0.2) is 0 Å². The Morgan fingerprint density at radius 3 is 2.33 bits per heavy atom. The molecule has 1 saturated carbocycles. The van der Waals surface area contributed by atoms with E-state index in [9.17, 15) is 0 Å². The highest BCUT2D eigenvalue weighted by Gasteiger charge is 2.28. The first-order valence-electron chi connectivity index (χ1n) is 5.44. The molecule has 1 nitrogen and oxygen atoms in total. The Morgan fingerprint density at radius 2 is 1.83 bits per heavy atom. The maximum Gasteiger partial charge on any atom is 0.0431 e. The molecule has 12 heavy (non-hydrogen) atoms. The number of hydrogen-bond donors (Lipinski definition) is 1. The van der Waals surface area contributed by atoms with Gasteiger partial charge >= 0.3 is 0 Å². The van der Waals surface area contributed by atoms with Crippen molar-refractivity contribution in [3.05, 3.63) is 0 Å². The monoisotopic (exact) mass is 170 g/mol. The van der Waals surface area contributed by atoms with Crippen molar-refractivity contribution >= 4 is 0 Å². The van der Waals surface area contributed by atoms with Crippen LogP contribution < -0.4 is 0 Å². The molecule has 1 N–H and O–H groups in total. The highest BCUT2D eigenvalue weighted by molar-refractivity contribution is 4.81. The molecular weight excluding hydrogens is 148 g/mol. The van der Waals surface area contributed by atoms with Crippen molar-refractivity contribution < 1.29 is 5.11 Å². The van der Waals surface area contributed by atoms with E-state index in [1.165, 1.54) is 44.9 Å². The molecule has 0 aromatic rings. The summed E-state index contributed by atoms with van der Waals surface area (Å²) in [6.45, 7) is 2.68. The lowest BCUT2D eigenvalue weighted by Crippen LogP contribution is -2.23. The Kier molecular flexibility index (Phi) is 4.07. The van der Waals surface area contributed by atoms with Gasteiger partial charge in [-0.15, -0.1) is 0 Å². The lowest BCUT2D eigenvalue weighted by molar-refractivity contribution is 0.145. The first-order chi connectivity index (χ1) is 5.83. The summed E-state index contributed by atoms with van der Waals surface area (Å²) in [6, 6.07) is 0. The van der Waals surface area contributed by atoms with Crippen molar-refractivity contribution in [1.29, 1.82) is 0 Å². The van der Waals surface area contributed by atoms with E-state index in [2.05, 4.69) is 6.92 Å². The molecule has 0 aromatic carbocycles. The van der Waals surface area contributed by atoms with Gasteiger partial charge in [0.1, 0.15) is 0 Å². The summed E-state index contributed by atoms with van der Waals surface area (Å²) in [7, 11) is 0. The third-order valence-electron chi connectivity index (χ3n) is 3.53. The van der Waals surface area contributed by atoms with Gasteiger partial charge in [0.15, 0.2) is 0 Å². The van der Waals surface area contributed by atoms with Gasteiger partial charge < -0.3 is 5.11 Å². The van der Waals surface area contributed by atoms with Crippen molar-refractivity contribution in [1.82, 2.24) is 0 Å². The summed E-state index contributed by atoms with van der Waals surface area (Å²) in [5, 5.41) is 8.81. The quantitative estimate of drug-likeness (QED) is 0.687. The fourth-order valence-electron chi connectivity index (χ4n) is 2.54. The summed E-state index contributed by atoms with van der Waals surface area (Å²) < 4.78 is 0. The standard InChI is InChI=1S/C11H22O/c1-2-11(9-6-10-12)7-4-3-5-8-11/h12H,2-10H2,1H3. The molecule has 0 aromatic heterocycles. The second-order valence-corrected chi connectivity index (χ2v) is 4.24. The van der Waals surface area contributed by atoms with E-state index >= 15 is 0 Å². The van der Waals surface area contributed by atoms with Gasteiger partial charge in [0.05, 0.1) is 0 Å². The third-order valence-corrected chi connectivity index (χ3v) is 3.53. The van der Waals surface area contributed by atoms with Crippen LogP contribution in [-0.2, 0) is 0 Å². The van der Waals surface area contributed by atoms with Crippen molar-refractivity contribution in [2.75, 3.05) is 6.61 Å². The summed E-state index contributed by atoms with van der Waals surface area (Å²) in [5.74, 6) is 0. The first-order valence-corrected chi connectivity index (χ1v) is 5.44. The second kappa shape index (κ2) is 4.86. The largest absolute Gasteiger partial charge is 0.396 e. The minimum absolute atomic E-state index is 0.377. The van der Waals surface area contributed by atoms with E-state index in [-0.39, 0.29) is 0 Å². The number of hydrogen-bond acceptors (Lipinski definition) is 1. The minimum Gasteiger partial charge on any atom is -0.396 e. The van der Waals surface area contributed by atoms with Gasteiger partial charge in [-0.3, -0.25) is 0 Å². The highest BCUT2D eigenvalue weighted by Crippen LogP contribution is 2.42. The smallest absolute Gasteiger partial charge is 0.0431 e. The molecular formula is C11H22O. The summed E-state index contributed by atoms with van der Waals surface area (Å²) in [6.07, 6.45) is 10.6. The zero-order valence-electron chi connectivity index (χ0n) is 8.31. The fourth-order valence-corrected chi connectivity index (χ4v) is 2.54. The SMILES string of the molecule is CCC1(CCCO)CCCCC1. The molecule has 0 spiro atoms. The van der Waals surface area contributed by atoms with Crippen molar-refractivity contribution in [2.24, 2.45) is 5.41 Å². The van der Waals surface area contributed by atoms with Crippen molar-refractivity contribution in [3.8, 4) is 0 Å². The fraction of sp³-hybridized carbons (Fsp3) is 1.00. The molecule has 0 amide bonds. The lowest BCUT2D eigenvalue weighted by atomic mass is 9.69. The third kappa shape index (κ3) is 2.48. The van der Waals surface area contributed by atoms with E-state index in [0.29, 0.717) is 12.0 Å². The molecule has 72 valence electrons. The average Bonchev–Trinajstić information content (AvgIpc) is 2.16. The molecule has 0 radical (unpaired) electrons. The summed E-state index contributed by atoms with van der Waals surface area (Å²) in [4.78, 5) is 0. The molecule has 1 aliphatic carbocycles. The van der Waals surface area contributed by atoms with Crippen LogP contribution in [0, 0.1) is 5.41 Å². The van der Waals surface area contributed by atoms with E-state index in [1.54, 1.807) is 0 Å². The van der Waals surface area contributed by atoms with Gasteiger partial charge in [0, 0.05) is 6.61 Å². The number of rotatable bonds is 4. The predicted octanol–water partition coefficient (Wildman–Crippen LogP) is 3.12. The molecule has 0 unspecified atom stereocenters. The van der Waals surface area contributed by atoms with E-state index in [1.807, 2.05) is 0 Å². The Bertz CT molecular complexity index is 114. The Balaban J connectivity index is 2.37. The van der Waals surface area contributed by atoms with Gasteiger partial charge in [-0.05, 0) is 31.1 Å². The topological polar surface area (TPSA) is 20.2 Å². The first kappa shape index (κ1) is 10.0. The lowest BCUT2D eigenvalue weighted by Gasteiger charge is -2.36. The van der Waals surface area contributed by atoms with Crippen LogP contribution in [0.25, 0.3) is 0 Å². The number of aliphatic hydroxyl groups excluding tert-OH is 1. The van der Waals surface area contributed by atoms with E-state index < -0.39 is 0 Å². The highest BCUT2D eigenvalue weighted by atomic mass is 16.2.